The van der Waals surface area contributed by atoms with Crippen LogP contribution in [0.4, 0.5) is 0 Å². The van der Waals surface area contributed by atoms with Gasteiger partial charge in [0.2, 0.25) is 0 Å². The molecule has 4 nitrogen and oxygen atoms in total. The monoisotopic (exact) mass is 335 g/mol. The van der Waals surface area contributed by atoms with Crippen LogP contribution in [0, 0.1) is 6.92 Å². The van der Waals surface area contributed by atoms with Gasteiger partial charge in [0, 0.05) is 10.2 Å². The van der Waals surface area contributed by atoms with Crippen LogP contribution in [0.1, 0.15) is 16.2 Å². The molecule has 0 fully saturated rings. The van der Waals surface area contributed by atoms with E-state index in [2.05, 4.69) is 20.9 Å². The number of benzene rings is 1. The Labute approximate surface area is 125 Å². The highest BCUT2D eigenvalue weighted by Crippen LogP contribution is 2.18. The van der Waals surface area contributed by atoms with Crippen LogP contribution in [-0.2, 0) is 0 Å². The van der Waals surface area contributed by atoms with Crippen molar-refractivity contribution in [3.8, 4) is 11.5 Å². The van der Waals surface area contributed by atoms with Gasteiger partial charge in [-0.25, -0.2) is 4.98 Å². The number of rotatable bonds is 6. The Morgan fingerprint density at radius 2 is 2.00 bits per heavy atom. The SMILES string of the molecule is Cc1ccc(OCCOc2cccc(Br)c2)c(C=O)n1. The Bertz CT molecular complexity index is 601. The minimum Gasteiger partial charge on any atom is -0.490 e. The maximum absolute atomic E-state index is 10.9. The van der Waals surface area contributed by atoms with Gasteiger partial charge >= 0.3 is 0 Å². The third kappa shape index (κ3) is 4.06. The van der Waals surface area contributed by atoms with E-state index in [0.29, 0.717) is 30.9 Å². The van der Waals surface area contributed by atoms with Gasteiger partial charge in [0.25, 0.3) is 0 Å². The Morgan fingerprint density at radius 3 is 2.75 bits per heavy atom. The smallest absolute Gasteiger partial charge is 0.172 e. The third-order valence-electron chi connectivity index (χ3n) is 2.54. The topological polar surface area (TPSA) is 48.4 Å². The Kier molecular flexibility index (Phi) is 5.12. The molecule has 0 radical (unpaired) electrons. The summed E-state index contributed by atoms with van der Waals surface area (Å²) in [5, 5.41) is 0. The average Bonchev–Trinajstić information content (AvgIpc) is 2.45. The molecule has 2 aromatic rings. The van der Waals surface area contributed by atoms with Crippen molar-refractivity contribution in [3.05, 3.63) is 52.3 Å². The van der Waals surface area contributed by atoms with Crippen LogP contribution in [0.5, 0.6) is 11.5 Å². The molecule has 0 N–H and O–H groups in total. The summed E-state index contributed by atoms with van der Waals surface area (Å²) in [6.45, 7) is 2.56. The third-order valence-corrected chi connectivity index (χ3v) is 3.04. The summed E-state index contributed by atoms with van der Waals surface area (Å²) in [7, 11) is 0. The lowest BCUT2D eigenvalue weighted by atomic mass is 10.3. The second-order valence-electron chi connectivity index (χ2n) is 4.11. The van der Waals surface area contributed by atoms with Crippen LogP contribution in [0.2, 0.25) is 0 Å². The first kappa shape index (κ1) is 14.5. The summed E-state index contributed by atoms with van der Waals surface area (Å²) < 4.78 is 12.0. The van der Waals surface area contributed by atoms with E-state index in [1.807, 2.05) is 31.2 Å². The van der Waals surface area contributed by atoms with Gasteiger partial charge in [-0.3, -0.25) is 4.79 Å². The Hall–Kier alpha value is -1.88. The molecule has 2 rings (SSSR count). The molecule has 0 bridgehead atoms. The first-order valence-corrected chi connectivity index (χ1v) is 6.92. The zero-order valence-corrected chi connectivity index (χ0v) is 12.6. The zero-order valence-electron chi connectivity index (χ0n) is 11.0. The van der Waals surface area contributed by atoms with E-state index < -0.39 is 0 Å². The standard InChI is InChI=1S/C15H14BrNO3/c1-11-5-6-15(14(10-18)17-11)20-8-7-19-13-4-2-3-12(16)9-13/h2-6,9-10H,7-8H2,1H3. The number of aryl methyl sites for hydroxylation is 1. The Balaban J connectivity index is 1.86. The molecule has 0 spiro atoms. The predicted molar refractivity (Wildman–Crippen MR) is 79.5 cm³/mol. The molecular formula is C15H14BrNO3. The van der Waals surface area contributed by atoms with E-state index >= 15 is 0 Å². The number of hydrogen-bond acceptors (Lipinski definition) is 4. The number of carbonyl (C=O) groups is 1. The van der Waals surface area contributed by atoms with Crippen LogP contribution in [0.15, 0.2) is 40.9 Å². The highest BCUT2D eigenvalue weighted by molar-refractivity contribution is 9.10. The highest BCUT2D eigenvalue weighted by Gasteiger charge is 2.04. The van der Waals surface area contributed by atoms with E-state index in [4.69, 9.17) is 9.47 Å². The molecule has 5 heteroatoms. The summed E-state index contributed by atoms with van der Waals surface area (Å²) in [6.07, 6.45) is 0.692. The second kappa shape index (κ2) is 7.05. The van der Waals surface area contributed by atoms with E-state index in [0.717, 1.165) is 15.9 Å². The quantitative estimate of drug-likeness (QED) is 0.599. The van der Waals surface area contributed by atoms with Gasteiger partial charge in [0.1, 0.15) is 30.4 Å². The minimum absolute atomic E-state index is 0.312. The van der Waals surface area contributed by atoms with Crippen molar-refractivity contribution < 1.29 is 14.3 Å². The van der Waals surface area contributed by atoms with Crippen molar-refractivity contribution in [2.75, 3.05) is 13.2 Å². The maximum Gasteiger partial charge on any atom is 0.172 e. The van der Waals surface area contributed by atoms with Crippen LogP contribution in [-0.4, -0.2) is 24.5 Å². The lowest BCUT2D eigenvalue weighted by molar-refractivity contribution is 0.111. The predicted octanol–water partition coefficient (Wildman–Crippen LogP) is 3.42. The molecule has 0 aliphatic rings. The van der Waals surface area contributed by atoms with Gasteiger partial charge in [0.05, 0.1) is 0 Å². The van der Waals surface area contributed by atoms with Crippen LogP contribution >= 0.6 is 15.9 Å². The number of halogens is 1. The highest BCUT2D eigenvalue weighted by atomic mass is 79.9. The van der Waals surface area contributed by atoms with Gasteiger partial charge < -0.3 is 9.47 Å². The van der Waals surface area contributed by atoms with Crippen molar-refractivity contribution in [3.63, 3.8) is 0 Å². The van der Waals surface area contributed by atoms with Gasteiger partial charge in [-0.05, 0) is 37.3 Å². The molecule has 104 valence electrons. The lowest BCUT2D eigenvalue weighted by Gasteiger charge is -2.10. The maximum atomic E-state index is 10.9. The fraction of sp³-hybridized carbons (Fsp3) is 0.200. The zero-order chi connectivity index (χ0) is 14.4. The second-order valence-corrected chi connectivity index (χ2v) is 5.02. The van der Waals surface area contributed by atoms with Crippen LogP contribution in [0.3, 0.4) is 0 Å². The normalized spacial score (nSPS) is 10.1. The molecule has 0 aliphatic carbocycles. The molecule has 0 atom stereocenters. The first-order chi connectivity index (χ1) is 9.69. The van der Waals surface area contributed by atoms with E-state index in [9.17, 15) is 4.79 Å². The lowest BCUT2D eigenvalue weighted by Crippen LogP contribution is -2.10. The van der Waals surface area contributed by atoms with Crippen LogP contribution < -0.4 is 9.47 Å². The van der Waals surface area contributed by atoms with E-state index in [-0.39, 0.29) is 0 Å². The number of nitrogens with zero attached hydrogens (tertiary/aromatic N) is 1. The van der Waals surface area contributed by atoms with Gasteiger partial charge in [-0.15, -0.1) is 0 Å². The van der Waals surface area contributed by atoms with Gasteiger partial charge in [0.15, 0.2) is 6.29 Å². The first-order valence-electron chi connectivity index (χ1n) is 6.13. The van der Waals surface area contributed by atoms with Crippen molar-refractivity contribution in [1.29, 1.82) is 0 Å². The summed E-state index contributed by atoms with van der Waals surface area (Å²) in [4.78, 5) is 15.0. The molecule has 1 heterocycles. The molecule has 20 heavy (non-hydrogen) atoms. The minimum atomic E-state index is 0.312. The number of aldehydes is 1. The fourth-order valence-corrected chi connectivity index (χ4v) is 2.02. The number of ether oxygens (including phenoxy) is 2. The van der Waals surface area contributed by atoms with Crippen molar-refractivity contribution in [1.82, 2.24) is 4.98 Å². The summed E-state index contributed by atoms with van der Waals surface area (Å²) in [5.74, 6) is 1.24. The Morgan fingerprint density at radius 1 is 1.20 bits per heavy atom. The number of pyridine rings is 1. The van der Waals surface area contributed by atoms with Gasteiger partial charge in [-0.2, -0.15) is 0 Å². The number of aromatic nitrogens is 1. The van der Waals surface area contributed by atoms with Crippen molar-refractivity contribution >= 4 is 22.2 Å². The van der Waals surface area contributed by atoms with Crippen LogP contribution in [0.25, 0.3) is 0 Å². The molecular weight excluding hydrogens is 322 g/mol. The molecule has 0 aliphatic heterocycles. The summed E-state index contributed by atoms with van der Waals surface area (Å²) in [6, 6.07) is 11.1. The van der Waals surface area contributed by atoms with E-state index in [1.165, 1.54) is 0 Å². The molecule has 0 saturated heterocycles. The molecule has 0 saturated carbocycles. The number of hydrogen-bond donors (Lipinski definition) is 0. The molecule has 1 aromatic heterocycles. The summed E-state index contributed by atoms with van der Waals surface area (Å²) >= 11 is 3.38. The largest absolute Gasteiger partial charge is 0.490 e. The molecule has 0 amide bonds. The molecule has 0 unspecified atom stereocenters. The van der Waals surface area contributed by atoms with Crippen molar-refractivity contribution in [2.45, 2.75) is 6.92 Å². The fourth-order valence-electron chi connectivity index (χ4n) is 1.64. The summed E-state index contributed by atoms with van der Waals surface area (Å²) in [5.41, 5.74) is 1.09. The van der Waals surface area contributed by atoms with Gasteiger partial charge in [-0.1, -0.05) is 22.0 Å². The molecule has 1 aromatic carbocycles. The van der Waals surface area contributed by atoms with E-state index in [1.54, 1.807) is 12.1 Å². The van der Waals surface area contributed by atoms with Crippen molar-refractivity contribution in [2.24, 2.45) is 0 Å². The average molecular weight is 336 g/mol. The number of carbonyl (C=O) groups excluding carboxylic acids is 1.